The molecule has 0 amide bonds. The van der Waals surface area contributed by atoms with E-state index in [1.54, 1.807) is 12.1 Å². The number of aryl methyl sites for hydroxylation is 1. The van der Waals surface area contributed by atoms with Crippen LogP contribution in [0.4, 0.5) is 0 Å². The number of hydrogen-bond acceptors (Lipinski definition) is 6. The predicted octanol–water partition coefficient (Wildman–Crippen LogP) is 2.90. The van der Waals surface area contributed by atoms with Crippen molar-refractivity contribution in [2.45, 2.75) is 37.0 Å². The fourth-order valence-corrected chi connectivity index (χ4v) is 3.18. The molecular weight excluding hydrogens is 430 g/mol. The van der Waals surface area contributed by atoms with Crippen LogP contribution in [0.25, 0.3) is 0 Å². The summed E-state index contributed by atoms with van der Waals surface area (Å²) in [7, 11) is -4.02. The Hall–Kier alpha value is -3.04. The Morgan fingerprint density at radius 2 is 1.41 bits per heavy atom. The molecule has 8 heteroatoms. The molecular formula is C24H27NO6S. The summed E-state index contributed by atoms with van der Waals surface area (Å²) < 4.78 is 34.6. The number of carbonyl (C=O) groups excluding carboxylic acids is 1. The number of benzene rings is 3. The highest BCUT2D eigenvalue weighted by atomic mass is 32.2. The highest BCUT2D eigenvalue weighted by molar-refractivity contribution is 7.85. The Morgan fingerprint density at radius 1 is 0.906 bits per heavy atom. The third kappa shape index (κ3) is 8.60. The first-order valence-corrected chi connectivity index (χ1v) is 11.3. The van der Waals surface area contributed by atoms with E-state index < -0.39 is 28.2 Å². The first-order valence-electron chi connectivity index (χ1n) is 9.89. The van der Waals surface area contributed by atoms with Crippen molar-refractivity contribution in [1.29, 1.82) is 0 Å². The van der Waals surface area contributed by atoms with Gasteiger partial charge in [-0.25, -0.2) is 4.79 Å². The van der Waals surface area contributed by atoms with Crippen LogP contribution in [0.3, 0.4) is 0 Å². The summed E-state index contributed by atoms with van der Waals surface area (Å²) in [4.78, 5) is 11.7. The van der Waals surface area contributed by atoms with Gasteiger partial charge in [0.15, 0.2) is 6.10 Å². The quantitative estimate of drug-likeness (QED) is 0.368. The Balaban J connectivity index is 0.000000278. The molecule has 0 aliphatic carbocycles. The van der Waals surface area contributed by atoms with Crippen molar-refractivity contribution in [1.82, 2.24) is 0 Å². The normalized spacial score (nSPS) is 12.8. The number of hydrogen-bond donors (Lipinski definition) is 3. The average Bonchev–Trinajstić information content (AvgIpc) is 2.78. The fourth-order valence-electron chi connectivity index (χ4n) is 2.70. The number of aliphatic hydroxyl groups is 1. The summed E-state index contributed by atoms with van der Waals surface area (Å²) in [6.45, 7) is 1.97. The van der Waals surface area contributed by atoms with E-state index in [0.29, 0.717) is 6.42 Å². The number of nitrogens with two attached hydrogens (primary N) is 1. The van der Waals surface area contributed by atoms with Gasteiger partial charge >= 0.3 is 5.97 Å². The first kappa shape index (κ1) is 25.2. The SMILES string of the molecule is Cc1ccc(S(=O)(=O)O)cc1.N[C@H](Cc1ccccc1)[C@@H](O)C(=O)OCc1ccccc1. The molecule has 0 saturated heterocycles. The third-order valence-corrected chi connectivity index (χ3v) is 5.37. The standard InChI is InChI=1S/C17H19NO3.C7H8O3S/c18-15(11-13-7-3-1-4-8-13)16(19)17(20)21-12-14-9-5-2-6-10-14;1-6-2-4-7(5-3-6)11(8,9)10/h1-10,15-16,19H,11-12,18H2;2-5H,1H3,(H,8,9,10)/t15-,16-;/m1./s1. The van der Waals surface area contributed by atoms with Gasteiger partial charge < -0.3 is 15.6 Å². The summed E-state index contributed by atoms with van der Waals surface area (Å²) >= 11 is 0. The number of aliphatic hydroxyl groups excluding tert-OH is 1. The van der Waals surface area contributed by atoms with Gasteiger partial charge in [0.05, 0.1) is 4.90 Å². The van der Waals surface area contributed by atoms with Crippen molar-refractivity contribution in [2.24, 2.45) is 5.73 Å². The molecule has 0 saturated carbocycles. The van der Waals surface area contributed by atoms with E-state index in [1.165, 1.54) is 12.1 Å². The Labute approximate surface area is 188 Å². The van der Waals surface area contributed by atoms with Crippen LogP contribution < -0.4 is 5.73 Å². The minimum atomic E-state index is -4.02. The summed E-state index contributed by atoms with van der Waals surface area (Å²) in [6.07, 6.45) is -0.906. The van der Waals surface area contributed by atoms with Crippen molar-refractivity contribution < 1.29 is 27.6 Å². The lowest BCUT2D eigenvalue weighted by molar-refractivity contribution is -0.156. The van der Waals surface area contributed by atoms with Gasteiger partial charge in [0, 0.05) is 6.04 Å². The molecule has 0 aromatic heterocycles. The van der Waals surface area contributed by atoms with E-state index in [2.05, 4.69) is 0 Å². The molecule has 0 aliphatic heterocycles. The van der Waals surface area contributed by atoms with E-state index in [0.717, 1.165) is 16.7 Å². The van der Waals surface area contributed by atoms with Crippen molar-refractivity contribution >= 4 is 16.1 Å². The molecule has 3 aromatic carbocycles. The van der Waals surface area contributed by atoms with Crippen LogP contribution in [0.15, 0.2) is 89.8 Å². The van der Waals surface area contributed by atoms with E-state index >= 15 is 0 Å². The predicted molar refractivity (Wildman–Crippen MR) is 121 cm³/mol. The number of ether oxygens (including phenoxy) is 1. The minimum Gasteiger partial charge on any atom is -0.459 e. The summed E-state index contributed by atoms with van der Waals surface area (Å²) in [5.74, 6) is -0.692. The maximum absolute atomic E-state index is 11.8. The van der Waals surface area contributed by atoms with E-state index in [4.69, 9.17) is 15.0 Å². The first-order chi connectivity index (χ1) is 15.2. The molecule has 2 atom stereocenters. The highest BCUT2D eigenvalue weighted by Crippen LogP contribution is 2.09. The summed E-state index contributed by atoms with van der Waals surface area (Å²) in [6, 6.07) is 24.1. The Kier molecular flexibility index (Phi) is 9.55. The van der Waals surface area contributed by atoms with Crippen molar-refractivity contribution in [3.05, 3.63) is 102 Å². The molecule has 0 radical (unpaired) electrons. The van der Waals surface area contributed by atoms with Crippen LogP contribution in [0.1, 0.15) is 16.7 Å². The number of rotatable bonds is 7. The molecule has 0 heterocycles. The van der Waals surface area contributed by atoms with Gasteiger partial charge in [-0.3, -0.25) is 4.55 Å². The van der Waals surface area contributed by atoms with Crippen molar-refractivity contribution in [2.75, 3.05) is 0 Å². The van der Waals surface area contributed by atoms with Crippen molar-refractivity contribution in [3.63, 3.8) is 0 Å². The molecule has 0 fully saturated rings. The topological polar surface area (TPSA) is 127 Å². The zero-order chi connectivity index (χ0) is 23.6. The van der Waals surface area contributed by atoms with Gasteiger partial charge in [0.1, 0.15) is 6.61 Å². The minimum absolute atomic E-state index is 0.0666. The molecule has 0 aliphatic rings. The van der Waals surface area contributed by atoms with Crippen LogP contribution in [-0.2, 0) is 32.7 Å². The van der Waals surface area contributed by atoms with Crippen molar-refractivity contribution in [3.8, 4) is 0 Å². The second-order valence-electron chi connectivity index (χ2n) is 7.18. The number of carbonyl (C=O) groups is 1. The second kappa shape index (κ2) is 12.1. The molecule has 170 valence electrons. The fraction of sp³-hybridized carbons (Fsp3) is 0.208. The maximum atomic E-state index is 11.8. The summed E-state index contributed by atoms with van der Waals surface area (Å²) in [5, 5.41) is 9.93. The largest absolute Gasteiger partial charge is 0.459 e. The van der Waals surface area contributed by atoms with E-state index in [1.807, 2.05) is 67.6 Å². The molecule has 3 rings (SSSR count). The van der Waals surface area contributed by atoms with Crippen LogP contribution >= 0.6 is 0 Å². The van der Waals surface area contributed by atoms with Crippen LogP contribution in [0, 0.1) is 6.92 Å². The molecule has 7 nitrogen and oxygen atoms in total. The Morgan fingerprint density at radius 3 is 1.91 bits per heavy atom. The lowest BCUT2D eigenvalue weighted by Crippen LogP contribution is -2.42. The van der Waals surface area contributed by atoms with Gasteiger partial charge in [-0.1, -0.05) is 78.4 Å². The third-order valence-electron chi connectivity index (χ3n) is 4.50. The average molecular weight is 458 g/mol. The van der Waals surface area contributed by atoms with E-state index in [-0.39, 0.29) is 11.5 Å². The highest BCUT2D eigenvalue weighted by Gasteiger charge is 2.24. The molecule has 3 aromatic rings. The Bertz CT molecular complexity index is 1070. The van der Waals surface area contributed by atoms with Gasteiger partial charge in [-0.15, -0.1) is 0 Å². The summed E-state index contributed by atoms with van der Waals surface area (Å²) in [5.41, 5.74) is 8.67. The molecule has 0 bridgehead atoms. The smallest absolute Gasteiger partial charge is 0.336 e. The zero-order valence-corrected chi connectivity index (χ0v) is 18.5. The molecule has 4 N–H and O–H groups in total. The molecule has 0 spiro atoms. The van der Waals surface area contributed by atoms with E-state index in [9.17, 15) is 18.3 Å². The molecule has 0 unspecified atom stereocenters. The second-order valence-corrected chi connectivity index (χ2v) is 8.60. The monoisotopic (exact) mass is 457 g/mol. The lowest BCUT2D eigenvalue weighted by Gasteiger charge is -2.17. The molecule has 32 heavy (non-hydrogen) atoms. The van der Waals surface area contributed by atoms with Gasteiger partial charge in [-0.2, -0.15) is 8.42 Å². The van der Waals surface area contributed by atoms with Gasteiger partial charge in [0.2, 0.25) is 0 Å². The zero-order valence-electron chi connectivity index (χ0n) is 17.7. The number of esters is 1. The lowest BCUT2D eigenvalue weighted by atomic mass is 10.0. The van der Waals surface area contributed by atoms with Crippen LogP contribution in [0.5, 0.6) is 0 Å². The van der Waals surface area contributed by atoms with Crippen LogP contribution in [0.2, 0.25) is 0 Å². The van der Waals surface area contributed by atoms with Gasteiger partial charge in [-0.05, 0) is 36.6 Å². The maximum Gasteiger partial charge on any atom is 0.336 e. The van der Waals surface area contributed by atoms with Gasteiger partial charge in [0.25, 0.3) is 10.1 Å². The van der Waals surface area contributed by atoms with Crippen LogP contribution in [-0.4, -0.2) is 36.2 Å².